The fraction of sp³-hybridized carbons (Fsp3) is 0.455. The summed E-state index contributed by atoms with van der Waals surface area (Å²) in [5.41, 5.74) is -4.66. The second-order valence-corrected chi connectivity index (χ2v) is 5.26. The summed E-state index contributed by atoms with van der Waals surface area (Å²) in [5.74, 6) is -0.543. The van der Waals surface area contributed by atoms with E-state index in [1.165, 1.54) is 19.2 Å². The van der Waals surface area contributed by atoms with Crippen LogP contribution >= 0.6 is 0 Å². The quantitative estimate of drug-likeness (QED) is 0.619. The molecular formula is C11H13F3O4S. The average Bonchev–Trinajstić information content (AvgIpc) is 2.29. The van der Waals surface area contributed by atoms with Crippen molar-refractivity contribution in [1.82, 2.24) is 0 Å². The van der Waals surface area contributed by atoms with Crippen LogP contribution in [0.15, 0.2) is 18.2 Å². The van der Waals surface area contributed by atoms with Gasteiger partial charge in [0.05, 0.1) is 7.11 Å². The highest BCUT2D eigenvalue weighted by Gasteiger charge is 2.48. The highest BCUT2D eigenvalue weighted by Crippen LogP contribution is 2.33. The first kappa shape index (κ1) is 15.6. The largest absolute Gasteiger partial charge is 0.534 e. The molecule has 0 bridgehead atoms. The van der Waals surface area contributed by atoms with Crippen LogP contribution in [0.4, 0.5) is 13.2 Å². The van der Waals surface area contributed by atoms with Crippen LogP contribution in [0.1, 0.15) is 18.9 Å². The van der Waals surface area contributed by atoms with Crippen molar-refractivity contribution in [3.63, 3.8) is 0 Å². The maximum atomic E-state index is 12.2. The topological polar surface area (TPSA) is 52.6 Å². The number of methoxy groups -OCH3 is 1. The lowest BCUT2D eigenvalue weighted by Crippen LogP contribution is -2.28. The van der Waals surface area contributed by atoms with Crippen molar-refractivity contribution in [1.29, 1.82) is 0 Å². The normalized spacial score (nSPS) is 12.3. The minimum Gasteiger partial charge on any atom is -0.493 e. The van der Waals surface area contributed by atoms with Gasteiger partial charge in [-0.25, -0.2) is 0 Å². The lowest BCUT2D eigenvalue weighted by molar-refractivity contribution is -0.0500. The molecule has 0 saturated heterocycles. The molecule has 0 atom stereocenters. The molecule has 0 saturated carbocycles. The van der Waals surface area contributed by atoms with E-state index in [2.05, 4.69) is 4.18 Å². The lowest BCUT2D eigenvalue weighted by Gasteiger charge is -2.13. The summed E-state index contributed by atoms with van der Waals surface area (Å²) in [6.07, 6.45) is 1.53. The Labute approximate surface area is 109 Å². The van der Waals surface area contributed by atoms with Crippen LogP contribution < -0.4 is 8.92 Å². The molecule has 0 aliphatic carbocycles. The summed E-state index contributed by atoms with van der Waals surface area (Å²) in [4.78, 5) is 0. The number of ether oxygens (including phenoxy) is 1. The van der Waals surface area contributed by atoms with Crippen LogP contribution in [0.2, 0.25) is 0 Å². The predicted octanol–water partition coefficient (Wildman–Crippen LogP) is 2.88. The molecule has 0 amide bonds. The van der Waals surface area contributed by atoms with Crippen LogP contribution in [0.5, 0.6) is 11.5 Å². The van der Waals surface area contributed by atoms with Crippen molar-refractivity contribution in [3.8, 4) is 11.5 Å². The number of benzene rings is 1. The number of alkyl halides is 3. The summed E-state index contributed by atoms with van der Waals surface area (Å²) in [6.45, 7) is 1.94. The Bertz CT molecular complexity index is 537. The molecule has 0 aromatic heterocycles. The standard InChI is InChI=1S/C11H13F3O4S/c1-3-4-8-5-6-9(10(7-8)17-2)18-19(15,16)11(12,13)14/h5-7H,3-4H2,1-2H3. The van der Waals surface area contributed by atoms with E-state index in [-0.39, 0.29) is 5.75 Å². The maximum Gasteiger partial charge on any atom is 0.534 e. The highest BCUT2D eigenvalue weighted by atomic mass is 32.2. The van der Waals surface area contributed by atoms with Crippen molar-refractivity contribution in [2.75, 3.05) is 7.11 Å². The molecule has 0 spiro atoms. The van der Waals surface area contributed by atoms with Gasteiger partial charge in [-0.15, -0.1) is 0 Å². The minimum atomic E-state index is -5.69. The van der Waals surface area contributed by atoms with Crippen molar-refractivity contribution < 1.29 is 30.5 Å². The number of hydrogen-bond donors (Lipinski definition) is 0. The van der Waals surface area contributed by atoms with E-state index >= 15 is 0 Å². The summed E-state index contributed by atoms with van der Waals surface area (Å²) in [6, 6.07) is 4.09. The molecule has 4 nitrogen and oxygen atoms in total. The van der Waals surface area contributed by atoms with E-state index in [4.69, 9.17) is 4.74 Å². The molecule has 0 aliphatic heterocycles. The first-order valence-electron chi connectivity index (χ1n) is 5.39. The van der Waals surface area contributed by atoms with Gasteiger partial charge in [0, 0.05) is 0 Å². The van der Waals surface area contributed by atoms with Crippen LogP contribution in [-0.4, -0.2) is 21.0 Å². The average molecular weight is 298 g/mol. The van der Waals surface area contributed by atoms with E-state index in [1.54, 1.807) is 0 Å². The second-order valence-electron chi connectivity index (χ2n) is 3.72. The summed E-state index contributed by atoms with van der Waals surface area (Å²) >= 11 is 0. The second kappa shape index (κ2) is 5.68. The molecule has 0 fully saturated rings. The Hall–Kier alpha value is -1.44. The highest BCUT2D eigenvalue weighted by molar-refractivity contribution is 7.88. The van der Waals surface area contributed by atoms with Crippen LogP contribution in [0, 0.1) is 0 Å². The molecule has 1 aromatic rings. The summed E-state index contributed by atoms with van der Waals surface area (Å²) in [7, 11) is -4.47. The van der Waals surface area contributed by atoms with E-state index < -0.39 is 21.4 Å². The minimum absolute atomic E-state index is 0.0567. The van der Waals surface area contributed by atoms with Gasteiger partial charge in [-0.1, -0.05) is 19.4 Å². The third kappa shape index (κ3) is 3.76. The molecule has 1 rings (SSSR count). The Morgan fingerprint density at radius 2 is 1.84 bits per heavy atom. The van der Waals surface area contributed by atoms with Gasteiger partial charge in [-0.05, 0) is 24.1 Å². The van der Waals surface area contributed by atoms with Crippen LogP contribution in [-0.2, 0) is 16.5 Å². The van der Waals surface area contributed by atoms with E-state index in [9.17, 15) is 21.6 Å². The van der Waals surface area contributed by atoms with Gasteiger partial charge in [-0.3, -0.25) is 0 Å². The molecule has 8 heteroatoms. The van der Waals surface area contributed by atoms with Gasteiger partial charge < -0.3 is 8.92 Å². The molecule has 0 N–H and O–H groups in total. The Balaban J connectivity index is 3.09. The van der Waals surface area contributed by atoms with Gasteiger partial charge in [0.2, 0.25) is 0 Å². The van der Waals surface area contributed by atoms with Crippen molar-refractivity contribution in [2.24, 2.45) is 0 Å². The zero-order valence-electron chi connectivity index (χ0n) is 10.3. The number of hydrogen-bond acceptors (Lipinski definition) is 4. The van der Waals surface area contributed by atoms with Crippen molar-refractivity contribution >= 4 is 10.1 Å². The van der Waals surface area contributed by atoms with Crippen LogP contribution in [0.25, 0.3) is 0 Å². The molecular weight excluding hydrogens is 285 g/mol. The molecule has 108 valence electrons. The number of aryl methyl sites for hydroxylation is 1. The van der Waals surface area contributed by atoms with E-state index in [1.807, 2.05) is 6.92 Å². The fourth-order valence-corrected chi connectivity index (χ4v) is 1.86. The van der Waals surface area contributed by atoms with Crippen LogP contribution in [0.3, 0.4) is 0 Å². The molecule has 1 aromatic carbocycles. The monoisotopic (exact) mass is 298 g/mol. The zero-order valence-corrected chi connectivity index (χ0v) is 11.1. The third-order valence-electron chi connectivity index (χ3n) is 2.25. The maximum absolute atomic E-state index is 12.2. The number of halogens is 3. The summed E-state index contributed by atoms with van der Waals surface area (Å²) < 4.78 is 67.3. The smallest absolute Gasteiger partial charge is 0.493 e. The lowest BCUT2D eigenvalue weighted by atomic mass is 10.1. The Morgan fingerprint density at radius 1 is 1.21 bits per heavy atom. The van der Waals surface area contributed by atoms with E-state index in [0.717, 1.165) is 18.1 Å². The van der Waals surface area contributed by atoms with Gasteiger partial charge in [0.25, 0.3) is 0 Å². The Kier molecular flexibility index (Phi) is 4.67. The number of rotatable bonds is 5. The molecule has 0 radical (unpaired) electrons. The molecule has 0 heterocycles. The van der Waals surface area contributed by atoms with Gasteiger partial charge in [-0.2, -0.15) is 21.6 Å². The third-order valence-corrected chi connectivity index (χ3v) is 3.22. The van der Waals surface area contributed by atoms with Gasteiger partial charge >= 0.3 is 15.6 Å². The van der Waals surface area contributed by atoms with E-state index in [0.29, 0.717) is 6.42 Å². The first-order chi connectivity index (χ1) is 8.71. The molecule has 0 aliphatic rings. The zero-order chi connectivity index (χ0) is 14.7. The van der Waals surface area contributed by atoms with Crippen molar-refractivity contribution in [2.45, 2.75) is 25.3 Å². The molecule has 0 unspecified atom stereocenters. The van der Waals surface area contributed by atoms with Crippen molar-refractivity contribution in [3.05, 3.63) is 23.8 Å². The first-order valence-corrected chi connectivity index (χ1v) is 6.79. The molecule has 19 heavy (non-hydrogen) atoms. The SMILES string of the molecule is CCCc1ccc(OS(=O)(=O)C(F)(F)F)c(OC)c1. The van der Waals surface area contributed by atoms with Gasteiger partial charge in [0.15, 0.2) is 11.5 Å². The van der Waals surface area contributed by atoms with Gasteiger partial charge in [0.1, 0.15) is 0 Å². The fourth-order valence-electron chi connectivity index (χ4n) is 1.39. The summed E-state index contributed by atoms with van der Waals surface area (Å²) in [5, 5.41) is 0. The Morgan fingerprint density at radius 3 is 2.32 bits per heavy atom. The predicted molar refractivity (Wildman–Crippen MR) is 62.6 cm³/mol.